The Morgan fingerprint density at radius 3 is 2.11 bits per heavy atom. The summed E-state index contributed by atoms with van der Waals surface area (Å²) in [6.45, 7) is 9.97. The van der Waals surface area contributed by atoms with E-state index in [1.807, 2.05) is 0 Å². The summed E-state index contributed by atoms with van der Waals surface area (Å²) in [5.74, 6) is -0.919. The third kappa shape index (κ3) is 8.06. The first-order valence-corrected chi connectivity index (χ1v) is 6.58. The van der Waals surface area contributed by atoms with Crippen LogP contribution in [-0.4, -0.2) is 47.1 Å². The minimum Gasteiger partial charge on any atom is -0.481 e. The molecule has 5 heteroatoms. The largest absolute Gasteiger partial charge is 0.481 e. The van der Waals surface area contributed by atoms with Gasteiger partial charge in [0.15, 0.2) is 0 Å². The summed E-state index contributed by atoms with van der Waals surface area (Å²) in [6.07, 6.45) is 0.742. The quantitative estimate of drug-likeness (QED) is 0.657. The van der Waals surface area contributed by atoms with Crippen LogP contribution in [0.4, 0.5) is 0 Å². The molecule has 0 aromatic rings. The summed E-state index contributed by atoms with van der Waals surface area (Å²) < 4.78 is 0. The van der Waals surface area contributed by atoms with Gasteiger partial charge in [0, 0.05) is 38.0 Å². The van der Waals surface area contributed by atoms with E-state index in [4.69, 9.17) is 5.11 Å². The van der Waals surface area contributed by atoms with Crippen molar-refractivity contribution in [3.8, 4) is 0 Å². The fourth-order valence-electron chi connectivity index (χ4n) is 1.93. The Labute approximate surface area is 110 Å². The first-order valence-electron chi connectivity index (χ1n) is 6.58. The first-order chi connectivity index (χ1) is 8.34. The lowest BCUT2D eigenvalue weighted by Crippen LogP contribution is -2.42. The van der Waals surface area contributed by atoms with Crippen molar-refractivity contribution < 1.29 is 14.7 Å². The van der Waals surface area contributed by atoms with Crippen LogP contribution >= 0.6 is 0 Å². The van der Waals surface area contributed by atoms with E-state index in [1.54, 1.807) is 0 Å². The summed E-state index contributed by atoms with van der Waals surface area (Å²) in [7, 11) is 0. The molecule has 0 heterocycles. The highest BCUT2D eigenvalue weighted by Crippen LogP contribution is 2.03. The number of nitrogens with one attached hydrogen (secondary N) is 1. The smallest absolute Gasteiger partial charge is 0.303 e. The Morgan fingerprint density at radius 1 is 1.11 bits per heavy atom. The zero-order valence-electron chi connectivity index (χ0n) is 11.9. The van der Waals surface area contributed by atoms with Crippen molar-refractivity contribution in [2.75, 3.05) is 13.1 Å². The minimum absolute atomic E-state index is 0.0531. The molecule has 0 aliphatic carbocycles. The van der Waals surface area contributed by atoms with E-state index in [1.165, 1.54) is 0 Å². The predicted molar refractivity (Wildman–Crippen MR) is 71.5 cm³/mol. The normalized spacial score (nSPS) is 11.3. The summed E-state index contributed by atoms with van der Waals surface area (Å²) in [5, 5.41) is 11.3. The molecule has 1 amide bonds. The third-order valence-corrected chi connectivity index (χ3v) is 2.81. The zero-order chi connectivity index (χ0) is 14.1. The van der Waals surface area contributed by atoms with Crippen LogP contribution in [-0.2, 0) is 9.59 Å². The lowest BCUT2D eigenvalue weighted by molar-refractivity contribution is -0.137. The molecule has 0 rings (SSSR count). The van der Waals surface area contributed by atoms with E-state index >= 15 is 0 Å². The second kappa shape index (κ2) is 8.91. The number of hydrogen-bond acceptors (Lipinski definition) is 3. The number of nitrogens with zero attached hydrogens (tertiary/aromatic N) is 1. The molecule has 0 unspecified atom stereocenters. The Hall–Kier alpha value is -1.10. The van der Waals surface area contributed by atoms with E-state index in [0.717, 1.165) is 6.54 Å². The van der Waals surface area contributed by atoms with E-state index in [9.17, 15) is 9.59 Å². The molecule has 0 aliphatic heterocycles. The highest BCUT2D eigenvalue weighted by molar-refractivity contribution is 5.76. The summed E-state index contributed by atoms with van der Waals surface area (Å²) in [5.41, 5.74) is 0. The van der Waals surface area contributed by atoms with E-state index in [0.29, 0.717) is 25.0 Å². The van der Waals surface area contributed by atoms with Crippen LogP contribution < -0.4 is 5.32 Å². The van der Waals surface area contributed by atoms with Gasteiger partial charge in [-0.3, -0.25) is 14.5 Å². The number of carboxylic acids is 1. The van der Waals surface area contributed by atoms with Gasteiger partial charge in [0.05, 0.1) is 0 Å². The highest BCUT2D eigenvalue weighted by atomic mass is 16.4. The van der Waals surface area contributed by atoms with Crippen molar-refractivity contribution in [2.24, 2.45) is 0 Å². The van der Waals surface area contributed by atoms with Gasteiger partial charge in [-0.25, -0.2) is 0 Å². The molecule has 106 valence electrons. The molecule has 0 saturated carbocycles. The van der Waals surface area contributed by atoms with Crippen LogP contribution in [0.25, 0.3) is 0 Å². The molecule has 0 fully saturated rings. The zero-order valence-corrected chi connectivity index (χ0v) is 11.9. The first kappa shape index (κ1) is 16.9. The van der Waals surface area contributed by atoms with Crippen molar-refractivity contribution in [3.05, 3.63) is 0 Å². The van der Waals surface area contributed by atoms with Gasteiger partial charge in [-0.1, -0.05) is 0 Å². The van der Waals surface area contributed by atoms with Crippen molar-refractivity contribution in [1.29, 1.82) is 0 Å². The summed E-state index contributed by atoms with van der Waals surface area (Å²) in [4.78, 5) is 24.0. The molecule has 0 aromatic heterocycles. The topological polar surface area (TPSA) is 69.6 Å². The maximum Gasteiger partial charge on any atom is 0.303 e. The molecule has 2 N–H and O–H groups in total. The van der Waals surface area contributed by atoms with Crippen molar-refractivity contribution in [3.63, 3.8) is 0 Å². The summed E-state index contributed by atoms with van der Waals surface area (Å²) in [6, 6.07) is 0.905. The van der Waals surface area contributed by atoms with E-state index in [2.05, 4.69) is 37.9 Å². The van der Waals surface area contributed by atoms with Crippen LogP contribution in [0.1, 0.15) is 47.0 Å². The monoisotopic (exact) mass is 258 g/mol. The van der Waals surface area contributed by atoms with Gasteiger partial charge >= 0.3 is 5.97 Å². The van der Waals surface area contributed by atoms with Gasteiger partial charge in [0.1, 0.15) is 0 Å². The standard InChI is InChI=1S/C13H26N2O3/c1-10(2)15(11(3)4)9-8-14-12(16)6-5-7-13(17)18/h10-11H,5-9H2,1-4H3,(H,14,16)(H,17,18). The number of carboxylic acid groups (broad SMARTS) is 1. The van der Waals surface area contributed by atoms with Gasteiger partial charge in [-0.15, -0.1) is 0 Å². The Balaban J connectivity index is 3.75. The average Bonchev–Trinajstić information content (AvgIpc) is 2.22. The van der Waals surface area contributed by atoms with Gasteiger partial charge in [0.2, 0.25) is 5.91 Å². The molecule has 0 radical (unpaired) electrons. The van der Waals surface area contributed by atoms with Crippen LogP contribution in [0, 0.1) is 0 Å². The van der Waals surface area contributed by atoms with Crippen LogP contribution in [0.5, 0.6) is 0 Å². The SMILES string of the molecule is CC(C)N(CCNC(=O)CCCC(=O)O)C(C)C. The fraction of sp³-hybridized carbons (Fsp3) is 0.846. The maximum atomic E-state index is 11.4. The van der Waals surface area contributed by atoms with E-state index in [-0.39, 0.29) is 18.7 Å². The number of rotatable bonds is 9. The molecule has 0 bridgehead atoms. The highest BCUT2D eigenvalue weighted by Gasteiger charge is 2.12. The number of carbonyl (C=O) groups excluding carboxylic acids is 1. The van der Waals surface area contributed by atoms with Crippen molar-refractivity contribution in [2.45, 2.75) is 59.0 Å². The van der Waals surface area contributed by atoms with Crippen LogP contribution in [0.2, 0.25) is 0 Å². The van der Waals surface area contributed by atoms with Gasteiger partial charge < -0.3 is 10.4 Å². The van der Waals surface area contributed by atoms with E-state index < -0.39 is 5.97 Å². The van der Waals surface area contributed by atoms with Gasteiger partial charge in [-0.05, 0) is 34.1 Å². The average molecular weight is 258 g/mol. The second-order valence-corrected chi connectivity index (χ2v) is 5.02. The molecule has 5 nitrogen and oxygen atoms in total. The Bertz CT molecular complexity index is 257. The molecular formula is C13H26N2O3. The number of hydrogen-bond donors (Lipinski definition) is 2. The molecule has 0 spiro atoms. The Kier molecular flexibility index (Phi) is 8.37. The lowest BCUT2D eigenvalue weighted by atomic mass is 10.2. The molecule has 0 atom stereocenters. The van der Waals surface area contributed by atoms with Gasteiger partial charge in [0.25, 0.3) is 0 Å². The number of amides is 1. The molecule has 18 heavy (non-hydrogen) atoms. The third-order valence-electron chi connectivity index (χ3n) is 2.81. The lowest BCUT2D eigenvalue weighted by Gasteiger charge is -2.30. The Morgan fingerprint density at radius 2 is 1.67 bits per heavy atom. The van der Waals surface area contributed by atoms with Crippen molar-refractivity contribution in [1.82, 2.24) is 10.2 Å². The second-order valence-electron chi connectivity index (χ2n) is 5.02. The van der Waals surface area contributed by atoms with Gasteiger partial charge in [-0.2, -0.15) is 0 Å². The molecule has 0 saturated heterocycles. The van der Waals surface area contributed by atoms with Crippen LogP contribution in [0.3, 0.4) is 0 Å². The number of aliphatic carboxylic acids is 1. The molecule has 0 aliphatic rings. The summed E-state index contributed by atoms with van der Waals surface area (Å²) >= 11 is 0. The molecule has 0 aromatic carbocycles. The van der Waals surface area contributed by atoms with Crippen LogP contribution in [0.15, 0.2) is 0 Å². The maximum absolute atomic E-state index is 11.4. The molecular weight excluding hydrogens is 232 g/mol. The minimum atomic E-state index is -0.853. The fourth-order valence-corrected chi connectivity index (χ4v) is 1.93. The number of carbonyl (C=O) groups is 2. The van der Waals surface area contributed by atoms with Crippen molar-refractivity contribution >= 4 is 11.9 Å². The predicted octanol–water partition coefficient (Wildman–Crippen LogP) is 1.48.